The van der Waals surface area contributed by atoms with Gasteiger partial charge in [-0.25, -0.2) is 0 Å². The molecule has 1 saturated heterocycles. The molecule has 1 amide bonds. The van der Waals surface area contributed by atoms with Crippen molar-refractivity contribution in [3.05, 3.63) is 24.0 Å². The molecule has 0 aliphatic carbocycles. The van der Waals surface area contributed by atoms with Crippen molar-refractivity contribution < 1.29 is 15.0 Å². The number of aromatic hydroxyl groups is 1. The Hall–Kier alpha value is -1.66. The summed E-state index contributed by atoms with van der Waals surface area (Å²) < 4.78 is 0. The summed E-state index contributed by atoms with van der Waals surface area (Å²) in [6, 6.07) is 1.42. The molecule has 0 aromatic carbocycles. The van der Waals surface area contributed by atoms with E-state index >= 15 is 0 Å². The molecule has 1 aromatic rings. The smallest absolute Gasteiger partial charge is 0.255 e. The van der Waals surface area contributed by atoms with Crippen LogP contribution in [0.4, 0.5) is 0 Å². The Balaban J connectivity index is 2.04. The molecular formula is C15H23N3O3. The van der Waals surface area contributed by atoms with Gasteiger partial charge in [-0.15, -0.1) is 0 Å². The third kappa shape index (κ3) is 4.15. The molecule has 116 valence electrons. The molecule has 2 heterocycles. The summed E-state index contributed by atoms with van der Waals surface area (Å²) in [5.74, 6) is -0.160. The molecule has 6 nitrogen and oxygen atoms in total. The predicted octanol–water partition coefficient (Wildman–Crippen LogP) is 0.706. The first-order valence-electron chi connectivity index (χ1n) is 7.20. The minimum atomic E-state index is -0.740. The van der Waals surface area contributed by atoms with Crippen molar-refractivity contribution >= 4 is 5.91 Å². The highest BCUT2D eigenvalue weighted by Gasteiger charge is 2.32. The number of hydrogen-bond donors (Lipinski definition) is 2. The van der Waals surface area contributed by atoms with E-state index in [2.05, 4.69) is 4.98 Å². The van der Waals surface area contributed by atoms with Crippen molar-refractivity contribution in [2.75, 3.05) is 33.7 Å². The van der Waals surface area contributed by atoms with Crippen LogP contribution in [-0.2, 0) is 0 Å². The average molecular weight is 293 g/mol. The number of hydrogen-bond acceptors (Lipinski definition) is 5. The van der Waals surface area contributed by atoms with E-state index < -0.39 is 5.60 Å². The molecule has 0 radical (unpaired) electrons. The molecular weight excluding hydrogens is 270 g/mol. The molecule has 1 aliphatic rings. The highest BCUT2D eigenvalue weighted by Crippen LogP contribution is 2.24. The summed E-state index contributed by atoms with van der Waals surface area (Å²) in [4.78, 5) is 20.0. The lowest BCUT2D eigenvalue weighted by Crippen LogP contribution is -2.41. The second-order valence-corrected chi connectivity index (χ2v) is 6.04. The van der Waals surface area contributed by atoms with Crippen LogP contribution in [0.5, 0.6) is 5.75 Å². The summed E-state index contributed by atoms with van der Waals surface area (Å²) in [5.41, 5.74) is -0.358. The Labute approximate surface area is 125 Å². The monoisotopic (exact) mass is 293 g/mol. The number of amides is 1. The van der Waals surface area contributed by atoms with E-state index in [1.165, 1.54) is 18.5 Å². The Morgan fingerprint density at radius 2 is 2.14 bits per heavy atom. The number of pyridine rings is 1. The van der Waals surface area contributed by atoms with Crippen LogP contribution < -0.4 is 0 Å². The van der Waals surface area contributed by atoms with Gasteiger partial charge in [0.1, 0.15) is 5.75 Å². The zero-order valence-corrected chi connectivity index (χ0v) is 12.6. The van der Waals surface area contributed by atoms with Gasteiger partial charge in [-0.1, -0.05) is 0 Å². The van der Waals surface area contributed by atoms with E-state index in [4.69, 9.17) is 0 Å². The van der Waals surface area contributed by atoms with Crippen LogP contribution in [0, 0.1) is 0 Å². The van der Waals surface area contributed by atoms with Gasteiger partial charge in [-0.2, -0.15) is 0 Å². The topological polar surface area (TPSA) is 76.9 Å². The third-order valence-corrected chi connectivity index (χ3v) is 3.79. The van der Waals surface area contributed by atoms with E-state index in [1.54, 1.807) is 4.90 Å². The van der Waals surface area contributed by atoms with Crippen LogP contribution >= 0.6 is 0 Å². The zero-order chi connectivity index (χ0) is 15.5. The largest absolute Gasteiger partial charge is 0.506 e. The molecule has 0 bridgehead atoms. The van der Waals surface area contributed by atoms with E-state index in [0.29, 0.717) is 38.0 Å². The van der Waals surface area contributed by atoms with Crippen molar-refractivity contribution in [1.82, 2.24) is 14.8 Å². The molecule has 21 heavy (non-hydrogen) atoms. The first-order chi connectivity index (χ1) is 9.89. The molecule has 1 aromatic heterocycles. The number of nitrogens with zero attached hydrogens (tertiary/aromatic N) is 3. The van der Waals surface area contributed by atoms with Crippen molar-refractivity contribution in [1.29, 1.82) is 0 Å². The van der Waals surface area contributed by atoms with Crippen molar-refractivity contribution in [3.8, 4) is 5.75 Å². The first-order valence-corrected chi connectivity index (χ1v) is 7.20. The summed E-state index contributed by atoms with van der Waals surface area (Å²) >= 11 is 0. The van der Waals surface area contributed by atoms with Gasteiger partial charge in [0.2, 0.25) is 0 Å². The van der Waals surface area contributed by atoms with Crippen LogP contribution in [0.3, 0.4) is 0 Å². The molecule has 1 unspecified atom stereocenters. The number of carbonyl (C=O) groups excluding carboxylic acids is 1. The molecule has 1 aliphatic heterocycles. The standard InChI is InChI=1S/C15H23N3O3/c1-17(2)11-15(21)4-3-6-18(7-5-15)14(20)12-8-13(19)10-16-9-12/h8-10,19,21H,3-7,11H2,1-2H3. The van der Waals surface area contributed by atoms with Crippen LogP contribution in [0.2, 0.25) is 0 Å². The van der Waals surface area contributed by atoms with Crippen LogP contribution in [0.1, 0.15) is 29.6 Å². The fourth-order valence-corrected chi connectivity index (χ4v) is 2.86. The summed E-state index contributed by atoms with van der Waals surface area (Å²) in [5, 5.41) is 20.0. The number of carbonyl (C=O) groups is 1. The number of likely N-dealkylation sites (tertiary alicyclic amines) is 1. The van der Waals surface area contributed by atoms with Gasteiger partial charge in [-0.3, -0.25) is 9.78 Å². The van der Waals surface area contributed by atoms with Gasteiger partial charge in [0.05, 0.1) is 17.4 Å². The molecule has 0 spiro atoms. The number of aliphatic hydroxyl groups is 1. The molecule has 0 saturated carbocycles. The quantitative estimate of drug-likeness (QED) is 0.858. The molecule has 6 heteroatoms. The summed E-state index contributed by atoms with van der Waals surface area (Å²) in [7, 11) is 3.87. The number of aromatic nitrogens is 1. The fourth-order valence-electron chi connectivity index (χ4n) is 2.86. The average Bonchev–Trinajstić information content (AvgIpc) is 2.59. The SMILES string of the molecule is CN(C)CC1(O)CCCN(C(=O)c2cncc(O)c2)CC1. The van der Waals surface area contributed by atoms with Gasteiger partial charge in [0.25, 0.3) is 5.91 Å². The van der Waals surface area contributed by atoms with Crippen LogP contribution in [0.15, 0.2) is 18.5 Å². The predicted molar refractivity (Wildman–Crippen MR) is 79.2 cm³/mol. The van der Waals surface area contributed by atoms with Crippen LogP contribution in [-0.4, -0.2) is 70.2 Å². The number of rotatable bonds is 3. The van der Waals surface area contributed by atoms with Gasteiger partial charge < -0.3 is 20.0 Å². The Bertz CT molecular complexity index is 507. The molecule has 1 atom stereocenters. The molecule has 2 rings (SSSR count). The first kappa shape index (κ1) is 15.7. The Kier molecular flexibility index (Phi) is 4.80. The molecule has 2 N–H and O–H groups in total. The zero-order valence-electron chi connectivity index (χ0n) is 12.6. The van der Waals surface area contributed by atoms with Crippen molar-refractivity contribution in [3.63, 3.8) is 0 Å². The lowest BCUT2D eigenvalue weighted by molar-refractivity contribution is 0.00304. The fraction of sp³-hybridized carbons (Fsp3) is 0.600. The molecule has 1 fully saturated rings. The highest BCUT2D eigenvalue weighted by molar-refractivity contribution is 5.94. The summed E-state index contributed by atoms with van der Waals surface area (Å²) in [6.07, 6.45) is 4.77. The van der Waals surface area contributed by atoms with Gasteiger partial charge in [0.15, 0.2) is 0 Å². The van der Waals surface area contributed by atoms with Gasteiger partial charge in [0, 0.05) is 25.8 Å². The van der Waals surface area contributed by atoms with E-state index in [-0.39, 0.29) is 11.7 Å². The minimum absolute atomic E-state index is 0.0141. The number of likely N-dealkylation sites (N-methyl/N-ethyl adjacent to an activating group) is 1. The minimum Gasteiger partial charge on any atom is -0.506 e. The van der Waals surface area contributed by atoms with Crippen molar-refractivity contribution in [2.24, 2.45) is 0 Å². The lowest BCUT2D eigenvalue weighted by atomic mass is 9.94. The van der Waals surface area contributed by atoms with Gasteiger partial charge in [-0.05, 0) is 39.4 Å². The van der Waals surface area contributed by atoms with E-state index in [0.717, 1.165) is 6.42 Å². The van der Waals surface area contributed by atoms with E-state index in [1.807, 2.05) is 19.0 Å². The Morgan fingerprint density at radius 3 is 2.81 bits per heavy atom. The maximum Gasteiger partial charge on any atom is 0.255 e. The maximum atomic E-state index is 12.4. The second-order valence-electron chi connectivity index (χ2n) is 6.04. The normalized spacial score (nSPS) is 23.1. The van der Waals surface area contributed by atoms with E-state index in [9.17, 15) is 15.0 Å². The lowest BCUT2D eigenvalue weighted by Gasteiger charge is -2.29. The van der Waals surface area contributed by atoms with Crippen LogP contribution in [0.25, 0.3) is 0 Å². The second kappa shape index (κ2) is 6.41. The Morgan fingerprint density at radius 1 is 1.38 bits per heavy atom. The van der Waals surface area contributed by atoms with Crippen molar-refractivity contribution in [2.45, 2.75) is 24.9 Å². The van der Waals surface area contributed by atoms with Gasteiger partial charge >= 0.3 is 0 Å². The third-order valence-electron chi connectivity index (χ3n) is 3.79. The highest BCUT2D eigenvalue weighted by atomic mass is 16.3. The maximum absolute atomic E-state index is 12.4. The summed E-state index contributed by atoms with van der Waals surface area (Å²) in [6.45, 7) is 1.73.